The van der Waals surface area contributed by atoms with E-state index >= 15 is 0 Å². The molecular formula is C12H12N2O2S. The predicted molar refractivity (Wildman–Crippen MR) is 69.5 cm³/mol. The summed E-state index contributed by atoms with van der Waals surface area (Å²) >= 11 is 1.64. The van der Waals surface area contributed by atoms with Crippen molar-refractivity contribution in [3.63, 3.8) is 0 Å². The Morgan fingerprint density at radius 2 is 2.24 bits per heavy atom. The van der Waals surface area contributed by atoms with Crippen molar-refractivity contribution in [2.75, 3.05) is 5.32 Å². The van der Waals surface area contributed by atoms with Crippen LogP contribution in [0.4, 0.5) is 11.4 Å². The van der Waals surface area contributed by atoms with Crippen molar-refractivity contribution in [1.29, 1.82) is 0 Å². The lowest BCUT2D eigenvalue weighted by atomic mass is 10.2. The molecule has 0 spiro atoms. The van der Waals surface area contributed by atoms with Crippen LogP contribution in [0.3, 0.4) is 0 Å². The normalized spacial score (nSPS) is 10.2. The highest BCUT2D eigenvalue weighted by atomic mass is 32.1. The molecule has 1 heterocycles. The van der Waals surface area contributed by atoms with Crippen molar-refractivity contribution in [3.05, 3.63) is 56.3 Å². The molecule has 0 aliphatic rings. The lowest BCUT2D eigenvalue weighted by Crippen LogP contribution is -1.99. The van der Waals surface area contributed by atoms with Gasteiger partial charge in [0.15, 0.2) is 0 Å². The monoisotopic (exact) mass is 248 g/mol. The van der Waals surface area contributed by atoms with Gasteiger partial charge in [-0.2, -0.15) is 11.3 Å². The number of benzene rings is 1. The van der Waals surface area contributed by atoms with Crippen LogP contribution in [0.25, 0.3) is 0 Å². The highest BCUT2D eigenvalue weighted by Crippen LogP contribution is 2.21. The van der Waals surface area contributed by atoms with Gasteiger partial charge in [-0.05, 0) is 40.9 Å². The Labute approximate surface area is 103 Å². The van der Waals surface area contributed by atoms with Crippen LogP contribution < -0.4 is 5.32 Å². The number of nitro groups is 1. The number of aryl methyl sites for hydroxylation is 1. The third kappa shape index (κ3) is 3.04. The summed E-state index contributed by atoms with van der Waals surface area (Å²) in [6.07, 6.45) is 0. The summed E-state index contributed by atoms with van der Waals surface area (Å²) in [5.74, 6) is 0. The number of anilines is 1. The highest BCUT2D eigenvalue weighted by Gasteiger charge is 2.07. The summed E-state index contributed by atoms with van der Waals surface area (Å²) in [6.45, 7) is 2.53. The first-order valence-electron chi connectivity index (χ1n) is 5.16. The quantitative estimate of drug-likeness (QED) is 0.664. The van der Waals surface area contributed by atoms with Gasteiger partial charge in [0.05, 0.1) is 4.92 Å². The fourth-order valence-corrected chi connectivity index (χ4v) is 2.24. The van der Waals surface area contributed by atoms with Gasteiger partial charge >= 0.3 is 0 Å². The van der Waals surface area contributed by atoms with Gasteiger partial charge in [-0.15, -0.1) is 0 Å². The van der Waals surface area contributed by atoms with Crippen LogP contribution in [-0.4, -0.2) is 4.92 Å². The molecular weight excluding hydrogens is 236 g/mol. The van der Waals surface area contributed by atoms with Crippen LogP contribution in [0.15, 0.2) is 35.0 Å². The van der Waals surface area contributed by atoms with E-state index in [1.807, 2.05) is 24.4 Å². The van der Waals surface area contributed by atoms with Crippen LogP contribution in [0.1, 0.15) is 11.1 Å². The minimum Gasteiger partial charge on any atom is -0.381 e. The molecule has 1 aromatic heterocycles. The Hall–Kier alpha value is -1.88. The van der Waals surface area contributed by atoms with Gasteiger partial charge in [0.25, 0.3) is 5.69 Å². The molecule has 0 bridgehead atoms. The third-order valence-electron chi connectivity index (χ3n) is 2.35. The standard InChI is InChI=1S/C12H12N2O2S/c1-9-4-11(6-12(5-9)14(15)16)13-7-10-2-3-17-8-10/h2-6,8,13H,7H2,1H3. The average molecular weight is 248 g/mol. The first-order chi connectivity index (χ1) is 8.15. The van der Waals surface area contributed by atoms with Gasteiger partial charge < -0.3 is 5.32 Å². The molecule has 0 amide bonds. The number of nitrogens with one attached hydrogen (secondary N) is 1. The summed E-state index contributed by atoms with van der Waals surface area (Å²) in [7, 11) is 0. The van der Waals surface area contributed by atoms with E-state index in [0.717, 1.165) is 11.3 Å². The molecule has 5 heteroatoms. The Bertz CT molecular complexity index is 523. The lowest BCUT2D eigenvalue weighted by molar-refractivity contribution is -0.384. The zero-order valence-corrected chi connectivity index (χ0v) is 10.2. The Morgan fingerprint density at radius 3 is 2.88 bits per heavy atom. The first kappa shape index (κ1) is 11.6. The molecule has 1 aromatic carbocycles. The highest BCUT2D eigenvalue weighted by molar-refractivity contribution is 7.07. The fraction of sp³-hybridized carbons (Fsp3) is 0.167. The molecule has 4 nitrogen and oxygen atoms in total. The van der Waals surface area contributed by atoms with Crippen molar-refractivity contribution >= 4 is 22.7 Å². The SMILES string of the molecule is Cc1cc(NCc2ccsc2)cc([N+](=O)[O-])c1. The van der Waals surface area contributed by atoms with Gasteiger partial charge in [-0.1, -0.05) is 0 Å². The zero-order chi connectivity index (χ0) is 12.3. The number of nitrogens with zero attached hydrogens (tertiary/aromatic N) is 1. The summed E-state index contributed by atoms with van der Waals surface area (Å²) in [4.78, 5) is 10.3. The van der Waals surface area contributed by atoms with Crippen LogP contribution in [0, 0.1) is 17.0 Å². The van der Waals surface area contributed by atoms with E-state index in [9.17, 15) is 10.1 Å². The van der Waals surface area contributed by atoms with E-state index in [0.29, 0.717) is 6.54 Å². The molecule has 88 valence electrons. The largest absolute Gasteiger partial charge is 0.381 e. The molecule has 0 saturated heterocycles. The maximum Gasteiger partial charge on any atom is 0.271 e. The van der Waals surface area contributed by atoms with Crippen LogP contribution >= 0.6 is 11.3 Å². The molecule has 2 aromatic rings. The van der Waals surface area contributed by atoms with Crippen LogP contribution in [-0.2, 0) is 6.54 Å². The van der Waals surface area contributed by atoms with E-state index in [4.69, 9.17) is 0 Å². The van der Waals surface area contributed by atoms with Gasteiger partial charge in [0.2, 0.25) is 0 Å². The van der Waals surface area contributed by atoms with Gasteiger partial charge in [0.1, 0.15) is 0 Å². The molecule has 0 unspecified atom stereocenters. The Kier molecular flexibility index (Phi) is 3.39. The molecule has 1 N–H and O–H groups in total. The number of thiophene rings is 1. The average Bonchev–Trinajstić information content (AvgIpc) is 2.78. The maximum atomic E-state index is 10.7. The first-order valence-corrected chi connectivity index (χ1v) is 6.10. The van der Waals surface area contributed by atoms with E-state index < -0.39 is 0 Å². The molecule has 0 fully saturated rings. The van der Waals surface area contributed by atoms with Gasteiger partial charge in [-0.3, -0.25) is 10.1 Å². The third-order valence-corrected chi connectivity index (χ3v) is 3.08. The number of hydrogen-bond acceptors (Lipinski definition) is 4. The molecule has 0 atom stereocenters. The van der Waals surface area contributed by atoms with E-state index in [-0.39, 0.29) is 10.6 Å². The number of nitro benzene ring substituents is 1. The molecule has 0 aliphatic carbocycles. The summed E-state index contributed by atoms with van der Waals surface area (Å²) < 4.78 is 0. The van der Waals surface area contributed by atoms with Crippen molar-refractivity contribution in [2.24, 2.45) is 0 Å². The zero-order valence-electron chi connectivity index (χ0n) is 9.34. The molecule has 0 aliphatic heterocycles. The van der Waals surface area contributed by atoms with Gasteiger partial charge in [-0.25, -0.2) is 0 Å². The number of hydrogen-bond donors (Lipinski definition) is 1. The maximum absolute atomic E-state index is 10.7. The second-order valence-electron chi connectivity index (χ2n) is 3.80. The van der Waals surface area contributed by atoms with Crippen molar-refractivity contribution < 1.29 is 4.92 Å². The summed E-state index contributed by atoms with van der Waals surface area (Å²) in [6, 6.07) is 7.05. The molecule has 17 heavy (non-hydrogen) atoms. The number of rotatable bonds is 4. The van der Waals surface area contributed by atoms with Crippen molar-refractivity contribution in [1.82, 2.24) is 0 Å². The van der Waals surface area contributed by atoms with Crippen molar-refractivity contribution in [2.45, 2.75) is 13.5 Å². The minimum absolute atomic E-state index is 0.123. The Morgan fingerprint density at radius 1 is 1.41 bits per heavy atom. The second kappa shape index (κ2) is 4.97. The van der Waals surface area contributed by atoms with E-state index in [1.54, 1.807) is 23.5 Å². The lowest BCUT2D eigenvalue weighted by Gasteiger charge is -2.06. The van der Waals surface area contributed by atoms with Gasteiger partial charge in [0, 0.05) is 24.4 Å². The molecule has 0 saturated carbocycles. The summed E-state index contributed by atoms with van der Waals surface area (Å²) in [5.41, 5.74) is 2.96. The van der Waals surface area contributed by atoms with Crippen LogP contribution in [0.5, 0.6) is 0 Å². The number of non-ortho nitro benzene ring substituents is 1. The smallest absolute Gasteiger partial charge is 0.271 e. The second-order valence-corrected chi connectivity index (χ2v) is 4.58. The van der Waals surface area contributed by atoms with Crippen molar-refractivity contribution in [3.8, 4) is 0 Å². The van der Waals surface area contributed by atoms with E-state index in [2.05, 4.69) is 10.7 Å². The molecule has 2 rings (SSSR count). The molecule has 0 radical (unpaired) electrons. The van der Waals surface area contributed by atoms with Crippen LogP contribution in [0.2, 0.25) is 0 Å². The predicted octanol–water partition coefficient (Wildman–Crippen LogP) is 3.58. The summed E-state index contributed by atoms with van der Waals surface area (Å²) in [5, 5.41) is 18.0. The Balaban J connectivity index is 2.13. The minimum atomic E-state index is -0.372. The fourth-order valence-electron chi connectivity index (χ4n) is 1.57. The van der Waals surface area contributed by atoms with E-state index in [1.165, 1.54) is 5.56 Å². The topological polar surface area (TPSA) is 55.2 Å².